The Kier molecular flexibility index (Phi) is 8.09. The van der Waals surface area contributed by atoms with Gasteiger partial charge >= 0.3 is 6.03 Å². The minimum Gasteiger partial charge on any atom is -0.390 e. The number of piperidine rings is 1. The Morgan fingerprint density at radius 3 is 2.67 bits per heavy atom. The number of rotatable bonds is 8. The molecule has 2 aromatic rings. The fourth-order valence-corrected chi connectivity index (χ4v) is 4.08. The van der Waals surface area contributed by atoms with Crippen LogP contribution >= 0.6 is 0 Å². The molecule has 2 unspecified atom stereocenters. The highest BCUT2D eigenvalue weighted by Gasteiger charge is 2.24. The second-order valence-electron chi connectivity index (χ2n) is 7.88. The summed E-state index contributed by atoms with van der Waals surface area (Å²) in [6, 6.07) is 15.5. The SMILES string of the molecule is C#CCNC(=O)NCC(O)CNC1CCN(C(C)c2cccc3ccccc23)CC1. The molecule has 0 aromatic heterocycles. The van der Waals surface area contributed by atoms with E-state index in [1.807, 2.05) is 0 Å². The Bertz CT molecular complexity index is 866. The first-order chi connectivity index (χ1) is 14.6. The standard InChI is InChI=1S/C24H32N4O2/c1-3-13-25-24(30)27-17-21(29)16-26-20-11-14-28(15-12-20)18(2)22-10-6-8-19-7-4-5-9-23(19)22/h1,4-10,18,20-21,26,29H,11-17H2,2H3,(H2,25,27,30). The van der Waals surface area contributed by atoms with Gasteiger partial charge in [-0.1, -0.05) is 48.4 Å². The maximum atomic E-state index is 11.5. The number of hydrogen-bond donors (Lipinski definition) is 4. The van der Waals surface area contributed by atoms with Crippen molar-refractivity contribution in [2.75, 3.05) is 32.7 Å². The Hall–Kier alpha value is -2.59. The Morgan fingerprint density at radius 2 is 1.90 bits per heavy atom. The molecule has 0 spiro atoms. The van der Waals surface area contributed by atoms with Crippen molar-refractivity contribution in [2.45, 2.75) is 38.0 Å². The van der Waals surface area contributed by atoms with E-state index in [2.05, 4.69) is 76.2 Å². The van der Waals surface area contributed by atoms with Crippen LogP contribution in [0.2, 0.25) is 0 Å². The summed E-state index contributed by atoms with van der Waals surface area (Å²) in [4.78, 5) is 14.0. The number of likely N-dealkylation sites (tertiary alicyclic amines) is 1. The van der Waals surface area contributed by atoms with Crippen LogP contribution in [0, 0.1) is 12.3 Å². The zero-order chi connectivity index (χ0) is 21.3. The van der Waals surface area contributed by atoms with Crippen LogP contribution in [0.15, 0.2) is 42.5 Å². The molecule has 0 radical (unpaired) electrons. The van der Waals surface area contributed by atoms with E-state index >= 15 is 0 Å². The fourth-order valence-electron chi connectivity index (χ4n) is 4.08. The molecule has 0 aliphatic carbocycles. The van der Waals surface area contributed by atoms with Gasteiger partial charge in [-0.3, -0.25) is 4.90 Å². The smallest absolute Gasteiger partial charge is 0.315 e. The molecule has 0 saturated carbocycles. The van der Waals surface area contributed by atoms with Crippen LogP contribution in [0.25, 0.3) is 10.8 Å². The van der Waals surface area contributed by atoms with Crippen molar-refractivity contribution >= 4 is 16.8 Å². The predicted octanol–water partition coefficient (Wildman–Crippen LogP) is 2.25. The van der Waals surface area contributed by atoms with Crippen LogP contribution in [0.5, 0.6) is 0 Å². The largest absolute Gasteiger partial charge is 0.390 e. The summed E-state index contributed by atoms with van der Waals surface area (Å²) in [5.74, 6) is 2.33. The summed E-state index contributed by atoms with van der Waals surface area (Å²) in [5.41, 5.74) is 1.38. The second kappa shape index (κ2) is 11.0. The lowest BCUT2D eigenvalue weighted by atomic mass is 9.96. The van der Waals surface area contributed by atoms with Crippen molar-refractivity contribution in [3.05, 3.63) is 48.0 Å². The van der Waals surface area contributed by atoms with E-state index in [9.17, 15) is 9.90 Å². The van der Waals surface area contributed by atoms with E-state index in [-0.39, 0.29) is 19.1 Å². The summed E-state index contributed by atoms with van der Waals surface area (Å²) in [6.45, 7) is 5.15. The van der Waals surface area contributed by atoms with E-state index in [4.69, 9.17) is 6.42 Å². The Labute approximate surface area is 179 Å². The molecule has 30 heavy (non-hydrogen) atoms. The van der Waals surface area contributed by atoms with Crippen LogP contribution in [-0.2, 0) is 0 Å². The molecule has 160 valence electrons. The summed E-state index contributed by atoms with van der Waals surface area (Å²) >= 11 is 0. The van der Waals surface area contributed by atoms with Crippen molar-refractivity contribution in [3.8, 4) is 12.3 Å². The number of carbonyl (C=O) groups is 1. The molecular weight excluding hydrogens is 376 g/mol. The number of terminal acetylenes is 1. The van der Waals surface area contributed by atoms with Gasteiger partial charge in [0.2, 0.25) is 0 Å². The van der Waals surface area contributed by atoms with Crippen molar-refractivity contribution in [2.24, 2.45) is 0 Å². The Morgan fingerprint density at radius 1 is 1.17 bits per heavy atom. The van der Waals surface area contributed by atoms with Gasteiger partial charge in [-0.2, -0.15) is 0 Å². The van der Waals surface area contributed by atoms with Crippen LogP contribution in [0.4, 0.5) is 4.79 Å². The zero-order valence-corrected chi connectivity index (χ0v) is 17.6. The number of aliphatic hydroxyl groups excluding tert-OH is 1. The normalized spacial score (nSPS) is 17.2. The van der Waals surface area contributed by atoms with E-state index in [1.54, 1.807) is 0 Å². The van der Waals surface area contributed by atoms with Gasteiger partial charge in [0.1, 0.15) is 0 Å². The first-order valence-electron chi connectivity index (χ1n) is 10.7. The van der Waals surface area contributed by atoms with Crippen molar-refractivity contribution < 1.29 is 9.90 Å². The average molecular weight is 409 g/mol. The number of urea groups is 1. The fraction of sp³-hybridized carbons (Fsp3) is 0.458. The topological polar surface area (TPSA) is 76.6 Å². The molecular formula is C24H32N4O2. The zero-order valence-electron chi connectivity index (χ0n) is 17.6. The summed E-state index contributed by atoms with van der Waals surface area (Å²) in [6.07, 6.45) is 6.54. The van der Waals surface area contributed by atoms with Crippen molar-refractivity contribution in [1.82, 2.24) is 20.9 Å². The molecule has 1 aliphatic heterocycles. The molecule has 1 fully saturated rings. The number of benzene rings is 2. The van der Waals surface area contributed by atoms with Gasteiger partial charge in [0.05, 0.1) is 12.6 Å². The summed E-state index contributed by atoms with van der Waals surface area (Å²) in [5, 5.41) is 21.3. The van der Waals surface area contributed by atoms with Gasteiger partial charge in [0, 0.05) is 38.3 Å². The molecule has 3 rings (SSSR count). The molecule has 1 saturated heterocycles. The minimum atomic E-state index is -0.630. The molecule has 1 aliphatic rings. The number of aliphatic hydroxyl groups is 1. The number of fused-ring (bicyclic) bond motifs is 1. The van der Waals surface area contributed by atoms with Crippen molar-refractivity contribution in [1.29, 1.82) is 0 Å². The van der Waals surface area contributed by atoms with Gasteiger partial charge in [0.25, 0.3) is 0 Å². The number of nitrogens with zero attached hydrogens (tertiary/aromatic N) is 1. The van der Waals surface area contributed by atoms with Gasteiger partial charge in [-0.25, -0.2) is 4.79 Å². The number of amides is 2. The quantitative estimate of drug-likeness (QED) is 0.506. The summed E-state index contributed by atoms with van der Waals surface area (Å²) in [7, 11) is 0. The third kappa shape index (κ3) is 5.96. The molecule has 2 amide bonds. The van der Waals surface area contributed by atoms with Crippen LogP contribution < -0.4 is 16.0 Å². The van der Waals surface area contributed by atoms with Gasteiger partial charge in [-0.15, -0.1) is 6.42 Å². The van der Waals surface area contributed by atoms with Gasteiger partial charge in [0.15, 0.2) is 0 Å². The number of carbonyl (C=O) groups excluding carboxylic acids is 1. The molecule has 4 N–H and O–H groups in total. The number of nitrogens with one attached hydrogen (secondary N) is 3. The lowest BCUT2D eigenvalue weighted by Crippen LogP contribution is -2.47. The predicted molar refractivity (Wildman–Crippen MR) is 121 cm³/mol. The molecule has 6 nitrogen and oxygen atoms in total. The van der Waals surface area contributed by atoms with Gasteiger partial charge in [-0.05, 0) is 36.1 Å². The lowest BCUT2D eigenvalue weighted by molar-refractivity contribution is 0.133. The third-order valence-corrected chi connectivity index (χ3v) is 5.84. The maximum absolute atomic E-state index is 11.5. The van der Waals surface area contributed by atoms with E-state index in [0.717, 1.165) is 25.9 Å². The van der Waals surface area contributed by atoms with Crippen molar-refractivity contribution in [3.63, 3.8) is 0 Å². The molecule has 1 heterocycles. The molecule has 2 atom stereocenters. The van der Waals surface area contributed by atoms with Crippen LogP contribution in [0.3, 0.4) is 0 Å². The average Bonchev–Trinajstić information content (AvgIpc) is 2.79. The third-order valence-electron chi connectivity index (χ3n) is 5.84. The van der Waals surface area contributed by atoms with Crippen LogP contribution in [-0.4, -0.2) is 60.9 Å². The maximum Gasteiger partial charge on any atom is 0.315 e. The van der Waals surface area contributed by atoms with E-state index < -0.39 is 6.10 Å². The molecule has 0 bridgehead atoms. The summed E-state index contributed by atoms with van der Waals surface area (Å²) < 4.78 is 0. The Balaban J connectivity index is 1.42. The minimum absolute atomic E-state index is 0.177. The second-order valence-corrected chi connectivity index (χ2v) is 7.88. The molecule has 6 heteroatoms. The first-order valence-corrected chi connectivity index (χ1v) is 10.7. The number of hydrogen-bond acceptors (Lipinski definition) is 4. The highest BCUT2D eigenvalue weighted by atomic mass is 16.3. The van der Waals surface area contributed by atoms with Gasteiger partial charge < -0.3 is 21.1 Å². The lowest BCUT2D eigenvalue weighted by Gasteiger charge is -2.37. The first kappa shape index (κ1) is 22.1. The van der Waals surface area contributed by atoms with Crippen LogP contribution in [0.1, 0.15) is 31.4 Å². The van der Waals surface area contributed by atoms with E-state index in [0.29, 0.717) is 18.6 Å². The highest BCUT2D eigenvalue weighted by molar-refractivity contribution is 5.86. The van der Waals surface area contributed by atoms with E-state index in [1.165, 1.54) is 16.3 Å². The monoisotopic (exact) mass is 408 g/mol. The molecule has 2 aromatic carbocycles. The highest BCUT2D eigenvalue weighted by Crippen LogP contribution is 2.29.